The van der Waals surface area contributed by atoms with Gasteiger partial charge < -0.3 is 9.88 Å². The second-order valence-corrected chi connectivity index (χ2v) is 3.69. The van der Waals surface area contributed by atoms with Crippen LogP contribution in [0.25, 0.3) is 11.0 Å². The first-order valence-corrected chi connectivity index (χ1v) is 5.42. The number of aryl methyl sites for hydroxylation is 1. The van der Waals surface area contributed by atoms with Crippen molar-refractivity contribution in [2.45, 2.75) is 13.0 Å². The monoisotopic (exact) mass is 217 g/mol. The van der Waals surface area contributed by atoms with Crippen molar-refractivity contribution in [1.82, 2.24) is 14.9 Å². The number of nitrogens with one attached hydrogen (secondary N) is 1. The molecule has 4 nitrogen and oxygen atoms in total. The molecule has 0 aliphatic rings. The molecule has 84 valence electrons. The normalized spacial score (nSPS) is 10.8. The number of benzene rings is 1. The number of hydrogen-bond acceptors (Lipinski definition) is 3. The van der Waals surface area contributed by atoms with Crippen molar-refractivity contribution in [2.75, 3.05) is 13.6 Å². The summed E-state index contributed by atoms with van der Waals surface area (Å²) in [5.41, 5.74) is 1.74. The van der Waals surface area contributed by atoms with E-state index in [1.807, 2.05) is 31.3 Å². The summed E-state index contributed by atoms with van der Waals surface area (Å²) in [5, 5.41) is 3.07. The van der Waals surface area contributed by atoms with Crippen molar-refractivity contribution in [3.8, 4) is 0 Å². The number of aromatic nitrogens is 2. The molecule has 1 N–H and O–H groups in total. The lowest BCUT2D eigenvalue weighted by Gasteiger charge is -2.08. The van der Waals surface area contributed by atoms with Crippen molar-refractivity contribution in [1.29, 1.82) is 0 Å². The SMILES string of the molecule is CNCCCn1c(=O)cnc2ccccc21. The van der Waals surface area contributed by atoms with Gasteiger partial charge in [0.1, 0.15) is 0 Å². The van der Waals surface area contributed by atoms with E-state index >= 15 is 0 Å². The first-order chi connectivity index (χ1) is 7.83. The Kier molecular flexibility index (Phi) is 3.31. The van der Waals surface area contributed by atoms with Gasteiger partial charge in [-0.1, -0.05) is 12.1 Å². The van der Waals surface area contributed by atoms with Gasteiger partial charge >= 0.3 is 0 Å². The lowest BCUT2D eigenvalue weighted by atomic mass is 10.3. The van der Waals surface area contributed by atoms with Crippen LogP contribution in [0.2, 0.25) is 0 Å². The molecule has 0 aliphatic heterocycles. The van der Waals surface area contributed by atoms with Gasteiger partial charge in [0, 0.05) is 6.54 Å². The Morgan fingerprint density at radius 3 is 3.00 bits per heavy atom. The van der Waals surface area contributed by atoms with Crippen LogP contribution in [0.15, 0.2) is 35.3 Å². The number of nitrogens with zero attached hydrogens (tertiary/aromatic N) is 2. The molecule has 0 spiro atoms. The number of rotatable bonds is 4. The predicted molar refractivity (Wildman–Crippen MR) is 64.5 cm³/mol. The van der Waals surface area contributed by atoms with E-state index in [4.69, 9.17) is 0 Å². The molecule has 16 heavy (non-hydrogen) atoms. The summed E-state index contributed by atoms with van der Waals surface area (Å²) in [4.78, 5) is 15.8. The highest BCUT2D eigenvalue weighted by Crippen LogP contribution is 2.08. The van der Waals surface area contributed by atoms with Crippen LogP contribution in [0.4, 0.5) is 0 Å². The van der Waals surface area contributed by atoms with Gasteiger partial charge in [0.15, 0.2) is 0 Å². The zero-order valence-electron chi connectivity index (χ0n) is 9.31. The molecular formula is C12H15N3O. The van der Waals surface area contributed by atoms with E-state index in [1.54, 1.807) is 4.57 Å². The Bertz CT molecular complexity index is 533. The third kappa shape index (κ3) is 2.12. The third-order valence-corrected chi connectivity index (χ3v) is 2.56. The van der Waals surface area contributed by atoms with E-state index in [-0.39, 0.29) is 5.56 Å². The van der Waals surface area contributed by atoms with Gasteiger partial charge in [-0.15, -0.1) is 0 Å². The molecule has 1 aromatic carbocycles. The van der Waals surface area contributed by atoms with Gasteiger partial charge in [0.25, 0.3) is 5.56 Å². The molecule has 4 heteroatoms. The minimum Gasteiger partial charge on any atom is -0.320 e. The van der Waals surface area contributed by atoms with Gasteiger partial charge in [0.05, 0.1) is 17.2 Å². The molecule has 1 aromatic heterocycles. The fourth-order valence-corrected chi connectivity index (χ4v) is 1.76. The van der Waals surface area contributed by atoms with E-state index in [9.17, 15) is 4.79 Å². The topological polar surface area (TPSA) is 46.9 Å². The smallest absolute Gasteiger partial charge is 0.269 e. The molecule has 0 saturated heterocycles. The first kappa shape index (κ1) is 10.8. The maximum Gasteiger partial charge on any atom is 0.269 e. The molecule has 2 rings (SSSR count). The summed E-state index contributed by atoms with van der Waals surface area (Å²) in [6.45, 7) is 1.63. The Balaban J connectivity index is 2.41. The Morgan fingerprint density at radius 2 is 2.19 bits per heavy atom. The van der Waals surface area contributed by atoms with E-state index in [0.29, 0.717) is 0 Å². The molecule has 2 aromatic rings. The van der Waals surface area contributed by atoms with Crippen LogP contribution in [0.3, 0.4) is 0 Å². The van der Waals surface area contributed by atoms with Gasteiger partial charge in [-0.2, -0.15) is 0 Å². The Labute approximate surface area is 93.9 Å². The highest BCUT2D eigenvalue weighted by atomic mass is 16.1. The van der Waals surface area contributed by atoms with Crippen molar-refractivity contribution < 1.29 is 0 Å². The molecule has 1 heterocycles. The number of hydrogen-bond donors (Lipinski definition) is 1. The summed E-state index contributed by atoms with van der Waals surface area (Å²) < 4.78 is 1.78. The van der Waals surface area contributed by atoms with Gasteiger partial charge in [-0.25, -0.2) is 4.98 Å². The lowest BCUT2D eigenvalue weighted by Crippen LogP contribution is -2.22. The summed E-state index contributed by atoms with van der Waals surface area (Å²) >= 11 is 0. The maximum atomic E-state index is 11.7. The van der Waals surface area contributed by atoms with Crippen LogP contribution in [0.5, 0.6) is 0 Å². The average molecular weight is 217 g/mol. The minimum absolute atomic E-state index is 0.0326. The van der Waals surface area contributed by atoms with Crippen molar-refractivity contribution in [3.05, 3.63) is 40.8 Å². The Morgan fingerprint density at radius 1 is 1.38 bits per heavy atom. The molecule has 0 aliphatic carbocycles. The highest BCUT2D eigenvalue weighted by molar-refractivity contribution is 5.74. The Hall–Kier alpha value is -1.68. The third-order valence-electron chi connectivity index (χ3n) is 2.56. The van der Waals surface area contributed by atoms with Crippen LogP contribution >= 0.6 is 0 Å². The molecule has 0 atom stereocenters. The number of para-hydroxylation sites is 2. The predicted octanol–water partition coefficient (Wildman–Crippen LogP) is 1.01. The summed E-state index contributed by atoms with van der Waals surface area (Å²) in [5.74, 6) is 0. The molecule has 0 amide bonds. The standard InChI is InChI=1S/C12H15N3O/c1-13-7-4-8-15-11-6-3-2-5-10(11)14-9-12(15)16/h2-3,5-6,9,13H,4,7-8H2,1H3. The quantitative estimate of drug-likeness (QED) is 0.777. The molecular weight excluding hydrogens is 202 g/mol. The van der Waals surface area contributed by atoms with Crippen LogP contribution < -0.4 is 10.9 Å². The van der Waals surface area contributed by atoms with Crippen molar-refractivity contribution >= 4 is 11.0 Å². The van der Waals surface area contributed by atoms with E-state index in [0.717, 1.165) is 30.5 Å². The van der Waals surface area contributed by atoms with E-state index in [2.05, 4.69) is 10.3 Å². The van der Waals surface area contributed by atoms with Crippen LogP contribution in [0, 0.1) is 0 Å². The lowest BCUT2D eigenvalue weighted by molar-refractivity contribution is 0.611. The van der Waals surface area contributed by atoms with Crippen LogP contribution in [0.1, 0.15) is 6.42 Å². The van der Waals surface area contributed by atoms with Crippen LogP contribution in [-0.4, -0.2) is 23.1 Å². The van der Waals surface area contributed by atoms with Crippen LogP contribution in [-0.2, 0) is 6.54 Å². The van der Waals surface area contributed by atoms with Gasteiger partial charge in [0.2, 0.25) is 0 Å². The minimum atomic E-state index is -0.0326. The van der Waals surface area contributed by atoms with Gasteiger partial charge in [-0.05, 0) is 32.1 Å². The van der Waals surface area contributed by atoms with Gasteiger partial charge in [-0.3, -0.25) is 4.79 Å². The summed E-state index contributed by atoms with van der Waals surface area (Å²) in [7, 11) is 1.91. The largest absolute Gasteiger partial charge is 0.320 e. The molecule has 0 fully saturated rings. The average Bonchev–Trinajstić information content (AvgIpc) is 2.32. The maximum absolute atomic E-state index is 11.7. The zero-order valence-corrected chi connectivity index (χ0v) is 9.31. The zero-order chi connectivity index (χ0) is 11.4. The summed E-state index contributed by atoms with van der Waals surface area (Å²) in [6, 6.07) is 7.71. The molecule has 0 unspecified atom stereocenters. The number of fused-ring (bicyclic) bond motifs is 1. The second kappa shape index (κ2) is 4.90. The molecule has 0 bridgehead atoms. The molecule has 0 saturated carbocycles. The van der Waals surface area contributed by atoms with Crippen molar-refractivity contribution in [3.63, 3.8) is 0 Å². The fraction of sp³-hybridized carbons (Fsp3) is 0.333. The van der Waals surface area contributed by atoms with E-state index < -0.39 is 0 Å². The fourth-order valence-electron chi connectivity index (χ4n) is 1.76. The first-order valence-electron chi connectivity index (χ1n) is 5.42. The summed E-state index contributed by atoms with van der Waals surface area (Å²) in [6.07, 6.45) is 2.33. The van der Waals surface area contributed by atoms with E-state index in [1.165, 1.54) is 6.20 Å². The molecule has 0 radical (unpaired) electrons. The van der Waals surface area contributed by atoms with Crippen molar-refractivity contribution in [2.24, 2.45) is 0 Å². The second-order valence-electron chi connectivity index (χ2n) is 3.69. The highest BCUT2D eigenvalue weighted by Gasteiger charge is 2.02.